The van der Waals surface area contributed by atoms with Crippen molar-refractivity contribution in [2.24, 2.45) is 0 Å². The van der Waals surface area contributed by atoms with Gasteiger partial charge in [-0.3, -0.25) is 4.55 Å². The van der Waals surface area contributed by atoms with Crippen molar-refractivity contribution in [3.8, 4) is 0 Å². The van der Waals surface area contributed by atoms with Gasteiger partial charge < -0.3 is 5.73 Å². The first-order chi connectivity index (χ1) is 7.39. The second-order valence-electron chi connectivity index (χ2n) is 3.32. The molecule has 0 atom stereocenters. The summed E-state index contributed by atoms with van der Waals surface area (Å²) in [7, 11) is -4.19. The van der Waals surface area contributed by atoms with Crippen molar-refractivity contribution in [1.82, 2.24) is 0 Å². The van der Waals surface area contributed by atoms with Gasteiger partial charge in [0, 0.05) is 5.39 Å². The number of hydrogen-bond acceptors (Lipinski definition) is 3. The monoisotopic (exact) mass is 257 g/mol. The van der Waals surface area contributed by atoms with Gasteiger partial charge in [0.05, 0.1) is 15.6 Å². The van der Waals surface area contributed by atoms with Crippen LogP contribution in [0.5, 0.6) is 0 Å². The Morgan fingerprint density at radius 1 is 1.19 bits per heavy atom. The minimum atomic E-state index is -4.19. The Hall–Kier alpha value is -1.30. The van der Waals surface area contributed by atoms with Gasteiger partial charge in [0.2, 0.25) is 0 Å². The van der Waals surface area contributed by atoms with Crippen LogP contribution in [0, 0.1) is 0 Å². The number of benzene rings is 2. The van der Waals surface area contributed by atoms with Crippen molar-refractivity contribution in [3.63, 3.8) is 0 Å². The van der Waals surface area contributed by atoms with Crippen molar-refractivity contribution in [2.75, 3.05) is 5.73 Å². The minimum absolute atomic E-state index is 0.165. The number of rotatable bonds is 1. The fourth-order valence-corrected chi connectivity index (χ4v) is 2.15. The molecule has 0 spiro atoms. The second kappa shape index (κ2) is 3.62. The molecule has 0 saturated heterocycles. The minimum Gasteiger partial charge on any atom is -0.397 e. The van der Waals surface area contributed by atoms with E-state index in [1.165, 1.54) is 18.2 Å². The summed E-state index contributed by atoms with van der Waals surface area (Å²) in [6.45, 7) is 0. The molecule has 84 valence electrons. The highest BCUT2D eigenvalue weighted by atomic mass is 35.5. The average molecular weight is 258 g/mol. The largest absolute Gasteiger partial charge is 0.397 e. The molecule has 0 aromatic heterocycles. The Labute approximate surface area is 97.4 Å². The van der Waals surface area contributed by atoms with Crippen LogP contribution < -0.4 is 5.73 Å². The Balaban J connectivity index is 2.80. The predicted molar refractivity (Wildman–Crippen MR) is 63.2 cm³/mol. The molecule has 2 aromatic carbocycles. The molecule has 0 radical (unpaired) electrons. The maximum atomic E-state index is 10.9. The van der Waals surface area contributed by atoms with Gasteiger partial charge in [0.15, 0.2) is 0 Å². The Morgan fingerprint density at radius 3 is 2.50 bits per heavy atom. The first-order valence-electron chi connectivity index (χ1n) is 4.35. The van der Waals surface area contributed by atoms with Crippen LogP contribution in [0.2, 0.25) is 5.02 Å². The van der Waals surface area contributed by atoms with Crippen molar-refractivity contribution in [3.05, 3.63) is 35.4 Å². The lowest BCUT2D eigenvalue weighted by atomic mass is 10.1. The van der Waals surface area contributed by atoms with Gasteiger partial charge in [0.1, 0.15) is 0 Å². The van der Waals surface area contributed by atoms with Gasteiger partial charge in [-0.25, -0.2) is 0 Å². The van der Waals surface area contributed by atoms with E-state index in [0.29, 0.717) is 21.5 Å². The average Bonchev–Trinajstić information content (AvgIpc) is 2.22. The van der Waals surface area contributed by atoms with E-state index in [4.69, 9.17) is 21.9 Å². The van der Waals surface area contributed by atoms with Gasteiger partial charge in [-0.1, -0.05) is 23.7 Å². The number of anilines is 1. The van der Waals surface area contributed by atoms with Crippen LogP contribution in [0.15, 0.2) is 35.2 Å². The molecule has 16 heavy (non-hydrogen) atoms. The Kier molecular flexibility index (Phi) is 2.53. The SMILES string of the molecule is Nc1c(Cl)ccc2cc(S(=O)(=O)O)ccc12. The fourth-order valence-electron chi connectivity index (χ4n) is 1.47. The van der Waals surface area contributed by atoms with Gasteiger partial charge in [-0.2, -0.15) is 8.42 Å². The third-order valence-corrected chi connectivity index (χ3v) is 3.46. The van der Waals surface area contributed by atoms with Gasteiger partial charge >= 0.3 is 0 Å². The predicted octanol–water partition coefficient (Wildman–Crippen LogP) is 2.32. The highest BCUT2D eigenvalue weighted by Crippen LogP contribution is 2.29. The molecule has 0 aliphatic carbocycles. The molecule has 0 unspecified atom stereocenters. The standard InChI is InChI=1S/C10H8ClNO3S/c11-9-4-1-6-5-7(16(13,14)15)2-3-8(6)10(9)12/h1-5H,12H2,(H,13,14,15). The van der Waals surface area contributed by atoms with Crippen molar-refractivity contribution in [1.29, 1.82) is 0 Å². The van der Waals surface area contributed by atoms with Crippen LogP contribution in [-0.4, -0.2) is 13.0 Å². The molecule has 0 fully saturated rings. The molecule has 0 amide bonds. The summed E-state index contributed by atoms with van der Waals surface area (Å²) >= 11 is 5.82. The van der Waals surface area contributed by atoms with Crippen molar-refractivity contribution >= 4 is 38.2 Å². The van der Waals surface area contributed by atoms with Crippen LogP contribution in [0.25, 0.3) is 10.8 Å². The topological polar surface area (TPSA) is 80.4 Å². The molecule has 0 aliphatic heterocycles. The number of nitrogen functional groups attached to an aromatic ring is 1. The molecule has 0 bridgehead atoms. The zero-order valence-corrected chi connectivity index (χ0v) is 9.59. The van der Waals surface area contributed by atoms with Gasteiger partial charge in [-0.15, -0.1) is 0 Å². The number of nitrogens with two attached hydrogens (primary N) is 1. The Morgan fingerprint density at radius 2 is 1.88 bits per heavy atom. The van der Waals surface area contributed by atoms with Crippen LogP contribution in [0.1, 0.15) is 0 Å². The van der Waals surface area contributed by atoms with E-state index >= 15 is 0 Å². The molecule has 0 aliphatic rings. The van der Waals surface area contributed by atoms with Crippen LogP contribution in [0.4, 0.5) is 5.69 Å². The van der Waals surface area contributed by atoms with Gasteiger partial charge in [-0.05, 0) is 23.6 Å². The molecule has 2 rings (SSSR count). The molecule has 3 N–H and O–H groups in total. The summed E-state index contributed by atoms with van der Waals surface area (Å²) in [5.41, 5.74) is 6.12. The summed E-state index contributed by atoms with van der Waals surface area (Å²) in [4.78, 5) is -0.165. The summed E-state index contributed by atoms with van der Waals surface area (Å²) in [5.74, 6) is 0. The third kappa shape index (κ3) is 1.84. The maximum Gasteiger partial charge on any atom is 0.294 e. The molecule has 0 saturated carbocycles. The van der Waals surface area contributed by atoms with Gasteiger partial charge in [0.25, 0.3) is 10.1 Å². The zero-order chi connectivity index (χ0) is 11.9. The summed E-state index contributed by atoms with van der Waals surface area (Å²) in [5, 5.41) is 1.67. The molecule has 6 heteroatoms. The van der Waals surface area contributed by atoms with E-state index in [9.17, 15) is 8.42 Å². The fraction of sp³-hybridized carbons (Fsp3) is 0. The lowest BCUT2D eigenvalue weighted by Gasteiger charge is -2.05. The van der Waals surface area contributed by atoms with Crippen LogP contribution >= 0.6 is 11.6 Å². The summed E-state index contributed by atoms with van der Waals surface area (Å²) < 4.78 is 30.7. The van der Waals surface area contributed by atoms with Crippen LogP contribution in [0.3, 0.4) is 0 Å². The van der Waals surface area contributed by atoms with E-state index in [1.807, 2.05) is 0 Å². The van der Waals surface area contributed by atoms with E-state index in [1.54, 1.807) is 12.1 Å². The quantitative estimate of drug-likeness (QED) is 0.607. The number of halogens is 1. The lowest BCUT2D eigenvalue weighted by molar-refractivity contribution is 0.483. The lowest BCUT2D eigenvalue weighted by Crippen LogP contribution is -1.98. The molecular formula is C10H8ClNO3S. The normalized spacial score (nSPS) is 11.9. The van der Waals surface area contributed by atoms with E-state index in [2.05, 4.69) is 0 Å². The van der Waals surface area contributed by atoms with E-state index in [0.717, 1.165) is 0 Å². The first kappa shape index (κ1) is 11.2. The maximum absolute atomic E-state index is 10.9. The number of hydrogen-bond donors (Lipinski definition) is 2. The highest BCUT2D eigenvalue weighted by Gasteiger charge is 2.11. The number of fused-ring (bicyclic) bond motifs is 1. The molecule has 4 nitrogen and oxygen atoms in total. The smallest absolute Gasteiger partial charge is 0.294 e. The van der Waals surface area contributed by atoms with Crippen molar-refractivity contribution < 1.29 is 13.0 Å². The zero-order valence-electron chi connectivity index (χ0n) is 8.01. The van der Waals surface area contributed by atoms with E-state index in [-0.39, 0.29) is 4.90 Å². The summed E-state index contributed by atoms with van der Waals surface area (Å²) in [6, 6.07) is 7.36. The van der Waals surface area contributed by atoms with E-state index < -0.39 is 10.1 Å². The first-order valence-corrected chi connectivity index (χ1v) is 6.16. The third-order valence-electron chi connectivity index (χ3n) is 2.28. The molecule has 0 heterocycles. The summed E-state index contributed by atoms with van der Waals surface area (Å²) in [6.07, 6.45) is 0. The van der Waals surface area contributed by atoms with Crippen molar-refractivity contribution in [2.45, 2.75) is 4.90 Å². The van der Waals surface area contributed by atoms with Crippen LogP contribution in [-0.2, 0) is 10.1 Å². The second-order valence-corrected chi connectivity index (χ2v) is 5.15. The molecule has 2 aromatic rings. The highest BCUT2D eigenvalue weighted by molar-refractivity contribution is 7.85. The Bertz CT molecular complexity index is 667. The molecular weight excluding hydrogens is 250 g/mol.